The second kappa shape index (κ2) is 6.39. The smallest absolute Gasteiger partial charge is 0.230 e. The van der Waals surface area contributed by atoms with Gasteiger partial charge in [-0.1, -0.05) is 18.7 Å². The molecule has 2 N–H and O–H groups in total. The molecule has 1 aromatic carbocycles. The van der Waals surface area contributed by atoms with E-state index in [2.05, 4.69) is 22.2 Å². The van der Waals surface area contributed by atoms with Crippen LogP contribution in [0.2, 0.25) is 0 Å². The molecule has 0 spiro atoms. The first-order valence-electron chi connectivity index (χ1n) is 6.91. The number of ether oxygens (including phenoxy) is 1. The zero-order valence-electron chi connectivity index (χ0n) is 12.8. The van der Waals surface area contributed by atoms with Crippen molar-refractivity contribution >= 4 is 28.7 Å². The molecule has 0 fully saturated rings. The molecule has 1 heterocycles. The first-order valence-corrected chi connectivity index (χ1v) is 7.89. The first kappa shape index (κ1) is 15.7. The molecule has 0 aliphatic rings. The molecular weight excluding hydrogens is 286 g/mol. The van der Waals surface area contributed by atoms with Crippen LogP contribution in [0, 0.1) is 0 Å². The number of imidazole rings is 1. The average molecular weight is 307 g/mol. The van der Waals surface area contributed by atoms with Gasteiger partial charge in [-0.3, -0.25) is 4.79 Å². The topological polar surface area (TPSA) is 67.0 Å². The number of amides is 1. The van der Waals surface area contributed by atoms with E-state index in [-0.39, 0.29) is 11.4 Å². The Balaban J connectivity index is 1.99. The van der Waals surface area contributed by atoms with Gasteiger partial charge in [0.15, 0.2) is 5.16 Å². The van der Waals surface area contributed by atoms with E-state index in [0.717, 1.165) is 28.4 Å². The quantitative estimate of drug-likeness (QED) is 0.805. The van der Waals surface area contributed by atoms with E-state index < -0.39 is 0 Å². The molecule has 0 unspecified atom stereocenters. The minimum Gasteiger partial charge on any atom is -0.497 e. The Hall–Kier alpha value is -1.69. The zero-order chi connectivity index (χ0) is 15.5. The zero-order valence-corrected chi connectivity index (χ0v) is 13.6. The van der Waals surface area contributed by atoms with Crippen molar-refractivity contribution in [3.05, 3.63) is 18.2 Å². The molecule has 6 heteroatoms. The molecule has 0 aliphatic carbocycles. The summed E-state index contributed by atoms with van der Waals surface area (Å²) in [6, 6.07) is 5.66. The fraction of sp³-hybridized carbons (Fsp3) is 0.467. The lowest BCUT2D eigenvalue weighted by Gasteiger charge is -2.24. The number of hydrogen-bond donors (Lipinski definition) is 2. The fourth-order valence-corrected chi connectivity index (χ4v) is 2.48. The van der Waals surface area contributed by atoms with E-state index in [1.165, 1.54) is 11.8 Å². The Morgan fingerprint density at radius 1 is 1.48 bits per heavy atom. The summed E-state index contributed by atoms with van der Waals surface area (Å²) in [5.41, 5.74) is 1.61. The molecule has 1 aromatic heterocycles. The molecule has 1 amide bonds. The highest BCUT2D eigenvalue weighted by Crippen LogP contribution is 2.23. The molecule has 0 radical (unpaired) electrons. The summed E-state index contributed by atoms with van der Waals surface area (Å²) in [4.78, 5) is 19.6. The van der Waals surface area contributed by atoms with Crippen LogP contribution in [0.1, 0.15) is 27.2 Å². The van der Waals surface area contributed by atoms with Crippen molar-refractivity contribution in [3.8, 4) is 5.75 Å². The predicted octanol–water partition coefficient (Wildman–Crippen LogP) is 2.97. The minimum absolute atomic E-state index is 0.0184. The number of nitrogens with one attached hydrogen (secondary N) is 2. The molecule has 2 aromatic rings. The number of aromatic nitrogens is 2. The lowest BCUT2D eigenvalue weighted by Crippen LogP contribution is -2.43. The molecule has 0 saturated heterocycles. The summed E-state index contributed by atoms with van der Waals surface area (Å²) in [6.07, 6.45) is 0.897. The van der Waals surface area contributed by atoms with Crippen LogP contribution < -0.4 is 10.1 Å². The Kier molecular flexibility index (Phi) is 4.77. The van der Waals surface area contributed by atoms with Crippen molar-refractivity contribution in [3.63, 3.8) is 0 Å². The predicted molar refractivity (Wildman–Crippen MR) is 85.9 cm³/mol. The number of fused-ring (bicyclic) bond motifs is 1. The van der Waals surface area contributed by atoms with Crippen LogP contribution in [-0.2, 0) is 4.79 Å². The normalized spacial score (nSPS) is 11.6. The average Bonchev–Trinajstić information content (AvgIpc) is 2.86. The van der Waals surface area contributed by atoms with Crippen molar-refractivity contribution in [1.29, 1.82) is 0 Å². The Labute approximate surface area is 128 Å². The SMILES string of the molecule is CCC(C)(C)NC(=O)CSc1nc2ccc(OC)cc2[nH]1. The Morgan fingerprint density at radius 2 is 2.24 bits per heavy atom. The maximum absolute atomic E-state index is 11.9. The van der Waals surface area contributed by atoms with Gasteiger partial charge in [-0.2, -0.15) is 0 Å². The van der Waals surface area contributed by atoms with Crippen molar-refractivity contribution in [2.75, 3.05) is 12.9 Å². The van der Waals surface area contributed by atoms with E-state index >= 15 is 0 Å². The van der Waals surface area contributed by atoms with Gasteiger partial charge in [0.05, 0.1) is 23.9 Å². The van der Waals surface area contributed by atoms with E-state index in [0.29, 0.717) is 5.75 Å². The van der Waals surface area contributed by atoms with Gasteiger partial charge in [0.25, 0.3) is 0 Å². The molecule has 21 heavy (non-hydrogen) atoms. The standard InChI is InChI=1S/C15H21N3O2S/c1-5-15(2,3)18-13(19)9-21-14-16-11-7-6-10(20-4)8-12(11)17-14/h6-8H,5,9H2,1-4H3,(H,16,17)(H,18,19). The van der Waals surface area contributed by atoms with Gasteiger partial charge < -0.3 is 15.0 Å². The monoisotopic (exact) mass is 307 g/mol. The van der Waals surface area contributed by atoms with Crippen LogP contribution in [0.5, 0.6) is 5.75 Å². The Bertz CT molecular complexity index is 637. The fourth-order valence-electron chi connectivity index (χ4n) is 1.80. The van der Waals surface area contributed by atoms with Gasteiger partial charge >= 0.3 is 0 Å². The first-order chi connectivity index (χ1) is 9.93. The number of hydrogen-bond acceptors (Lipinski definition) is 4. The third-order valence-electron chi connectivity index (χ3n) is 3.37. The number of H-pyrrole nitrogens is 1. The van der Waals surface area contributed by atoms with Gasteiger partial charge in [-0.05, 0) is 32.4 Å². The minimum atomic E-state index is -0.168. The Morgan fingerprint density at radius 3 is 2.90 bits per heavy atom. The number of thioether (sulfide) groups is 1. The van der Waals surface area contributed by atoms with Crippen LogP contribution in [-0.4, -0.2) is 34.3 Å². The number of nitrogens with zero attached hydrogens (tertiary/aromatic N) is 1. The van der Waals surface area contributed by atoms with E-state index in [1.807, 2.05) is 32.0 Å². The lowest BCUT2D eigenvalue weighted by molar-refractivity contribution is -0.120. The third kappa shape index (κ3) is 4.14. The summed E-state index contributed by atoms with van der Waals surface area (Å²) in [6.45, 7) is 6.09. The summed E-state index contributed by atoms with van der Waals surface area (Å²) >= 11 is 1.40. The molecule has 0 aliphatic heterocycles. The number of carbonyl (C=O) groups is 1. The molecular formula is C15H21N3O2S. The highest BCUT2D eigenvalue weighted by atomic mass is 32.2. The second-order valence-electron chi connectivity index (χ2n) is 5.50. The van der Waals surface area contributed by atoms with Crippen molar-refractivity contribution < 1.29 is 9.53 Å². The van der Waals surface area contributed by atoms with Crippen LogP contribution in [0.15, 0.2) is 23.4 Å². The molecule has 0 saturated carbocycles. The van der Waals surface area contributed by atoms with Gasteiger partial charge in [0, 0.05) is 11.6 Å². The van der Waals surface area contributed by atoms with Gasteiger partial charge in [-0.15, -0.1) is 0 Å². The molecule has 114 valence electrons. The maximum Gasteiger partial charge on any atom is 0.230 e. The summed E-state index contributed by atoms with van der Waals surface area (Å²) in [7, 11) is 1.63. The van der Waals surface area contributed by atoms with Crippen LogP contribution >= 0.6 is 11.8 Å². The van der Waals surface area contributed by atoms with Crippen molar-refractivity contribution in [1.82, 2.24) is 15.3 Å². The van der Waals surface area contributed by atoms with E-state index in [4.69, 9.17) is 4.74 Å². The van der Waals surface area contributed by atoms with Crippen molar-refractivity contribution in [2.24, 2.45) is 0 Å². The highest BCUT2D eigenvalue weighted by Gasteiger charge is 2.18. The number of carbonyl (C=O) groups excluding carboxylic acids is 1. The van der Waals surface area contributed by atoms with E-state index in [1.54, 1.807) is 7.11 Å². The third-order valence-corrected chi connectivity index (χ3v) is 4.24. The second-order valence-corrected chi connectivity index (χ2v) is 6.46. The maximum atomic E-state index is 11.9. The van der Waals surface area contributed by atoms with Gasteiger partial charge in [0.1, 0.15) is 5.75 Å². The van der Waals surface area contributed by atoms with Gasteiger partial charge in [-0.25, -0.2) is 4.98 Å². The summed E-state index contributed by atoms with van der Waals surface area (Å²) < 4.78 is 5.18. The number of methoxy groups -OCH3 is 1. The molecule has 0 bridgehead atoms. The molecule has 2 rings (SSSR count). The van der Waals surface area contributed by atoms with Crippen LogP contribution in [0.3, 0.4) is 0 Å². The van der Waals surface area contributed by atoms with Crippen molar-refractivity contribution in [2.45, 2.75) is 37.9 Å². The highest BCUT2D eigenvalue weighted by molar-refractivity contribution is 7.99. The summed E-state index contributed by atoms with van der Waals surface area (Å²) in [5.74, 6) is 1.15. The van der Waals surface area contributed by atoms with E-state index in [9.17, 15) is 4.79 Å². The molecule has 0 atom stereocenters. The summed E-state index contributed by atoms with van der Waals surface area (Å²) in [5, 5.41) is 3.75. The van der Waals surface area contributed by atoms with Gasteiger partial charge in [0.2, 0.25) is 5.91 Å². The van der Waals surface area contributed by atoms with Crippen LogP contribution in [0.4, 0.5) is 0 Å². The number of aromatic amines is 1. The number of rotatable bonds is 6. The van der Waals surface area contributed by atoms with Crippen LogP contribution in [0.25, 0.3) is 11.0 Å². The lowest BCUT2D eigenvalue weighted by atomic mass is 10.0. The number of benzene rings is 1. The largest absolute Gasteiger partial charge is 0.497 e. The molecule has 5 nitrogen and oxygen atoms in total.